The van der Waals surface area contributed by atoms with Crippen LogP contribution in [0.25, 0.3) is 0 Å². The van der Waals surface area contributed by atoms with Crippen LogP contribution in [-0.2, 0) is 12.8 Å². The summed E-state index contributed by atoms with van der Waals surface area (Å²) in [5, 5.41) is 12.6. The van der Waals surface area contributed by atoms with Gasteiger partial charge in [-0.3, -0.25) is 4.79 Å². The first-order valence-corrected chi connectivity index (χ1v) is 8.03. The number of thiophene rings is 1. The minimum absolute atomic E-state index is 0.0215. The smallest absolute Gasteiger partial charge is 0.261 e. The number of aryl methyl sites for hydroxylation is 1. The topological polar surface area (TPSA) is 49.3 Å². The minimum Gasteiger partial charge on any atom is -0.391 e. The maximum atomic E-state index is 12.1. The Morgan fingerprint density at radius 3 is 3.05 bits per heavy atom. The zero-order chi connectivity index (χ0) is 13.4. The van der Waals surface area contributed by atoms with Gasteiger partial charge in [-0.25, -0.2) is 0 Å². The van der Waals surface area contributed by atoms with Crippen LogP contribution in [0.3, 0.4) is 0 Å². The van der Waals surface area contributed by atoms with Crippen LogP contribution >= 0.6 is 11.3 Å². The van der Waals surface area contributed by atoms with Crippen LogP contribution in [-0.4, -0.2) is 23.7 Å². The predicted molar refractivity (Wildman–Crippen MR) is 76.6 cm³/mol. The molecule has 2 aliphatic carbocycles. The number of amides is 1. The van der Waals surface area contributed by atoms with Gasteiger partial charge in [-0.2, -0.15) is 0 Å². The lowest BCUT2D eigenvalue weighted by molar-refractivity contribution is 0.0905. The first-order chi connectivity index (χ1) is 9.13. The van der Waals surface area contributed by atoms with E-state index in [1.165, 1.54) is 16.9 Å². The molecule has 2 atom stereocenters. The molecule has 1 aromatic heterocycles. The fourth-order valence-corrected chi connectivity index (χ4v) is 3.87. The molecule has 1 fully saturated rings. The molecule has 0 aromatic carbocycles. The van der Waals surface area contributed by atoms with E-state index >= 15 is 0 Å². The van der Waals surface area contributed by atoms with Crippen LogP contribution in [0.2, 0.25) is 0 Å². The zero-order valence-electron chi connectivity index (χ0n) is 11.3. The number of fused-ring (bicyclic) bond motifs is 1. The standard InChI is InChI=1S/C15H21NO2S/c1-9-2-5-13-11(6-9)7-14(19-13)15(18)16-8-12(17)10-3-4-10/h7,9-10,12,17H,2-6,8H2,1H3,(H,16,18). The second-order valence-corrected chi connectivity index (χ2v) is 7.16. The van der Waals surface area contributed by atoms with Gasteiger partial charge in [-0.15, -0.1) is 11.3 Å². The largest absolute Gasteiger partial charge is 0.391 e. The van der Waals surface area contributed by atoms with Crippen LogP contribution < -0.4 is 5.32 Å². The zero-order valence-corrected chi connectivity index (χ0v) is 12.1. The third kappa shape index (κ3) is 3.00. The normalized spacial score (nSPS) is 23.8. The van der Waals surface area contributed by atoms with Crippen molar-refractivity contribution in [1.82, 2.24) is 5.32 Å². The molecule has 104 valence electrons. The monoisotopic (exact) mass is 279 g/mol. The van der Waals surface area contributed by atoms with Crippen molar-refractivity contribution >= 4 is 17.2 Å². The second-order valence-electron chi connectivity index (χ2n) is 6.02. The summed E-state index contributed by atoms with van der Waals surface area (Å²) < 4.78 is 0. The van der Waals surface area contributed by atoms with Crippen molar-refractivity contribution in [1.29, 1.82) is 0 Å². The summed E-state index contributed by atoms with van der Waals surface area (Å²) in [6.07, 6.45) is 5.28. The van der Waals surface area contributed by atoms with Crippen LogP contribution in [0.5, 0.6) is 0 Å². The number of carbonyl (C=O) groups is 1. The number of nitrogens with one attached hydrogen (secondary N) is 1. The molecule has 19 heavy (non-hydrogen) atoms. The molecule has 0 spiro atoms. The van der Waals surface area contributed by atoms with Crippen LogP contribution in [0.4, 0.5) is 0 Å². The molecule has 0 aliphatic heterocycles. The third-order valence-electron chi connectivity index (χ3n) is 4.19. The molecule has 1 aromatic rings. The van der Waals surface area contributed by atoms with Crippen molar-refractivity contribution < 1.29 is 9.90 Å². The Labute approximate surface area is 118 Å². The molecule has 1 saturated carbocycles. The molecule has 1 heterocycles. The molecular weight excluding hydrogens is 258 g/mol. The number of carbonyl (C=O) groups excluding carboxylic acids is 1. The number of rotatable bonds is 4. The van der Waals surface area contributed by atoms with Gasteiger partial charge in [-0.1, -0.05) is 6.92 Å². The minimum atomic E-state index is -0.362. The van der Waals surface area contributed by atoms with Gasteiger partial charge in [0.2, 0.25) is 0 Å². The van der Waals surface area contributed by atoms with Crippen molar-refractivity contribution in [2.45, 2.75) is 45.1 Å². The SMILES string of the molecule is CC1CCc2sc(C(=O)NCC(O)C3CC3)cc2C1. The van der Waals surface area contributed by atoms with Crippen LogP contribution in [0.15, 0.2) is 6.07 Å². The summed E-state index contributed by atoms with van der Waals surface area (Å²) >= 11 is 1.63. The highest BCUT2D eigenvalue weighted by atomic mass is 32.1. The highest BCUT2D eigenvalue weighted by Gasteiger charge is 2.30. The summed E-state index contributed by atoms with van der Waals surface area (Å²) in [6.45, 7) is 2.66. The maximum Gasteiger partial charge on any atom is 0.261 e. The molecule has 4 heteroatoms. The van der Waals surface area contributed by atoms with E-state index in [1.807, 2.05) is 0 Å². The van der Waals surface area contributed by atoms with E-state index in [-0.39, 0.29) is 12.0 Å². The number of aliphatic hydroxyl groups is 1. The van der Waals surface area contributed by atoms with Gasteiger partial charge in [0.1, 0.15) is 0 Å². The van der Waals surface area contributed by atoms with Crippen molar-refractivity contribution in [2.75, 3.05) is 6.54 Å². The Bertz CT molecular complexity index is 478. The molecule has 0 saturated heterocycles. The molecule has 2 N–H and O–H groups in total. The predicted octanol–water partition coefficient (Wildman–Crippen LogP) is 2.37. The van der Waals surface area contributed by atoms with E-state index in [9.17, 15) is 9.90 Å². The van der Waals surface area contributed by atoms with Crippen molar-refractivity contribution in [3.63, 3.8) is 0 Å². The van der Waals surface area contributed by atoms with Gasteiger partial charge in [0.05, 0.1) is 11.0 Å². The maximum absolute atomic E-state index is 12.1. The molecular formula is C15H21NO2S. The lowest BCUT2D eigenvalue weighted by atomic mass is 9.90. The van der Waals surface area contributed by atoms with Crippen molar-refractivity contribution in [2.24, 2.45) is 11.8 Å². The van der Waals surface area contributed by atoms with E-state index in [2.05, 4.69) is 18.3 Å². The van der Waals surface area contributed by atoms with Gasteiger partial charge in [0, 0.05) is 11.4 Å². The Balaban J connectivity index is 1.60. The first-order valence-electron chi connectivity index (χ1n) is 7.21. The summed E-state index contributed by atoms with van der Waals surface area (Å²) in [7, 11) is 0. The van der Waals surface area contributed by atoms with E-state index in [0.29, 0.717) is 12.5 Å². The van der Waals surface area contributed by atoms with E-state index in [4.69, 9.17) is 0 Å². The van der Waals surface area contributed by atoms with Gasteiger partial charge >= 0.3 is 0 Å². The average molecular weight is 279 g/mol. The average Bonchev–Trinajstić information content (AvgIpc) is 3.15. The Hall–Kier alpha value is -0.870. The Kier molecular flexibility index (Phi) is 3.63. The number of aliphatic hydroxyl groups excluding tert-OH is 1. The summed E-state index contributed by atoms with van der Waals surface area (Å²) in [4.78, 5) is 14.3. The highest BCUT2D eigenvalue weighted by Crippen LogP contribution is 2.33. The van der Waals surface area contributed by atoms with Crippen molar-refractivity contribution in [3.05, 3.63) is 21.4 Å². The molecule has 1 amide bonds. The van der Waals surface area contributed by atoms with Crippen LogP contribution in [0.1, 0.15) is 46.3 Å². The fourth-order valence-electron chi connectivity index (χ4n) is 2.75. The first kappa shape index (κ1) is 13.1. The molecule has 0 bridgehead atoms. The molecule has 3 nitrogen and oxygen atoms in total. The van der Waals surface area contributed by atoms with E-state index in [1.54, 1.807) is 11.3 Å². The molecule has 2 aliphatic rings. The van der Waals surface area contributed by atoms with Gasteiger partial charge in [-0.05, 0) is 55.6 Å². The third-order valence-corrected chi connectivity index (χ3v) is 5.43. The fraction of sp³-hybridized carbons (Fsp3) is 0.667. The highest BCUT2D eigenvalue weighted by molar-refractivity contribution is 7.14. The summed E-state index contributed by atoms with van der Waals surface area (Å²) in [6, 6.07) is 2.05. The van der Waals surface area contributed by atoms with Gasteiger partial charge in [0.25, 0.3) is 5.91 Å². The van der Waals surface area contributed by atoms with Gasteiger partial charge < -0.3 is 10.4 Å². The van der Waals surface area contributed by atoms with Crippen molar-refractivity contribution in [3.8, 4) is 0 Å². The molecule has 3 rings (SSSR count). The van der Waals surface area contributed by atoms with Crippen LogP contribution in [0, 0.1) is 11.8 Å². The molecule has 2 unspecified atom stereocenters. The Morgan fingerprint density at radius 2 is 2.32 bits per heavy atom. The lowest BCUT2D eigenvalue weighted by Crippen LogP contribution is -2.32. The second kappa shape index (κ2) is 5.25. The number of hydrogen-bond donors (Lipinski definition) is 2. The Morgan fingerprint density at radius 1 is 1.53 bits per heavy atom. The summed E-state index contributed by atoms with van der Waals surface area (Å²) in [5.74, 6) is 1.12. The lowest BCUT2D eigenvalue weighted by Gasteiger charge is -2.16. The number of hydrogen-bond acceptors (Lipinski definition) is 3. The van der Waals surface area contributed by atoms with E-state index in [0.717, 1.165) is 36.5 Å². The van der Waals surface area contributed by atoms with Gasteiger partial charge in [0.15, 0.2) is 0 Å². The molecule has 0 radical (unpaired) electrons. The summed E-state index contributed by atoms with van der Waals surface area (Å²) in [5.41, 5.74) is 1.36. The van der Waals surface area contributed by atoms with E-state index < -0.39 is 0 Å². The quantitative estimate of drug-likeness (QED) is 0.889.